The van der Waals surface area contributed by atoms with E-state index >= 15 is 0 Å². The highest BCUT2D eigenvalue weighted by molar-refractivity contribution is 7.25. The topological polar surface area (TPSA) is 42.2 Å². The molecule has 3 aromatic heterocycles. The van der Waals surface area contributed by atoms with Gasteiger partial charge in [-0.2, -0.15) is 0 Å². The summed E-state index contributed by atoms with van der Waals surface area (Å²) in [6.07, 6.45) is 8.56. The monoisotopic (exact) mass is 699 g/mol. The lowest BCUT2D eigenvalue weighted by molar-refractivity contribution is 0.602. The van der Waals surface area contributed by atoms with Crippen LogP contribution in [0.1, 0.15) is 29.4 Å². The van der Waals surface area contributed by atoms with Gasteiger partial charge >= 0.3 is 0 Å². The van der Waals surface area contributed by atoms with Gasteiger partial charge in [0.25, 0.3) is 0 Å². The fraction of sp³-hybridized carbons (Fsp3) is 0.0417. The van der Waals surface area contributed by atoms with Gasteiger partial charge in [-0.05, 0) is 61.4 Å². The lowest BCUT2D eigenvalue weighted by Crippen LogP contribution is -2.14. The fourth-order valence-electron chi connectivity index (χ4n) is 7.54. The molecule has 0 atom stereocenters. The molecule has 0 spiro atoms. The number of thiophene rings is 1. The summed E-state index contributed by atoms with van der Waals surface area (Å²) in [5.41, 5.74) is 11.4. The highest BCUT2D eigenvalue weighted by atomic mass is 32.1. The minimum absolute atomic E-state index is 0.678. The SMILES string of the molecule is CC=Cc1oc2c(-c3ccc4c(c3)C=Cc3cc5sc6ccccc6c5cc3N4c3cc(-c4ccccc4)nc(-c4ccccc4)n3)cccc2c1C. The summed E-state index contributed by atoms with van der Waals surface area (Å²) >= 11 is 1.84. The lowest BCUT2D eigenvalue weighted by Gasteiger charge is -2.27. The van der Waals surface area contributed by atoms with Gasteiger partial charge < -0.3 is 4.42 Å². The van der Waals surface area contributed by atoms with E-state index in [-0.39, 0.29) is 0 Å². The molecule has 5 heteroatoms. The Kier molecular flexibility index (Phi) is 7.41. The second-order valence-electron chi connectivity index (χ2n) is 13.4. The Hall–Kier alpha value is -6.56. The zero-order valence-electron chi connectivity index (χ0n) is 29.2. The number of para-hydroxylation sites is 1. The number of benzene rings is 6. The number of allylic oxidation sites excluding steroid dienone is 1. The third-order valence-corrected chi connectivity index (χ3v) is 11.3. The van der Waals surface area contributed by atoms with Crippen LogP contribution in [0.2, 0.25) is 0 Å². The number of hydrogen-bond donors (Lipinski definition) is 0. The Labute approximate surface area is 311 Å². The molecular weight excluding hydrogens is 667 g/mol. The zero-order valence-corrected chi connectivity index (χ0v) is 30.1. The molecule has 4 nitrogen and oxygen atoms in total. The van der Waals surface area contributed by atoms with Crippen LogP contribution in [0.3, 0.4) is 0 Å². The molecule has 0 aliphatic carbocycles. The minimum Gasteiger partial charge on any atom is -0.456 e. The second-order valence-corrected chi connectivity index (χ2v) is 14.5. The molecule has 0 radical (unpaired) electrons. The Bertz CT molecular complexity index is 2860. The number of anilines is 3. The van der Waals surface area contributed by atoms with Crippen LogP contribution in [-0.4, -0.2) is 9.97 Å². The number of aryl methyl sites for hydroxylation is 1. The number of fused-ring (bicyclic) bond motifs is 6. The fourth-order valence-corrected chi connectivity index (χ4v) is 8.68. The largest absolute Gasteiger partial charge is 0.456 e. The van der Waals surface area contributed by atoms with Gasteiger partial charge in [0, 0.05) is 59.4 Å². The van der Waals surface area contributed by atoms with Gasteiger partial charge in [0.05, 0.1) is 17.1 Å². The maximum absolute atomic E-state index is 6.48. The zero-order chi connectivity index (χ0) is 35.5. The molecule has 9 aromatic rings. The van der Waals surface area contributed by atoms with Crippen LogP contribution in [0, 0.1) is 6.92 Å². The maximum Gasteiger partial charge on any atom is 0.162 e. The van der Waals surface area contributed by atoms with E-state index in [1.807, 2.05) is 54.7 Å². The Morgan fingerprint density at radius 1 is 0.604 bits per heavy atom. The van der Waals surface area contributed by atoms with Crippen LogP contribution in [0.25, 0.3) is 83.1 Å². The summed E-state index contributed by atoms with van der Waals surface area (Å²) in [4.78, 5) is 12.8. The second kappa shape index (κ2) is 12.6. The average Bonchev–Trinajstić information content (AvgIpc) is 3.68. The predicted molar refractivity (Wildman–Crippen MR) is 224 cm³/mol. The molecule has 0 unspecified atom stereocenters. The number of aromatic nitrogens is 2. The van der Waals surface area contributed by atoms with E-state index in [2.05, 4.69) is 139 Å². The molecule has 0 N–H and O–H groups in total. The average molecular weight is 700 g/mol. The van der Waals surface area contributed by atoms with Crippen molar-refractivity contribution in [2.75, 3.05) is 4.90 Å². The van der Waals surface area contributed by atoms with Gasteiger partial charge in [-0.1, -0.05) is 121 Å². The molecule has 0 saturated carbocycles. The Balaban J connectivity index is 1.23. The molecule has 1 aliphatic heterocycles. The summed E-state index contributed by atoms with van der Waals surface area (Å²) < 4.78 is 9.02. The van der Waals surface area contributed by atoms with E-state index in [1.165, 1.54) is 20.2 Å². The van der Waals surface area contributed by atoms with Crippen LogP contribution >= 0.6 is 11.3 Å². The van der Waals surface area contributed by atoms with E-state index in [0.717, 1.165) is 78.6 Å². The van der Waals surface area contributed by atoms with Crippen molar-refractivity contribution >= 4 is 77.9 Å². The Morgan fingerprint density at radius 2 is 1.34 bits per heavy atom. The standard InChI is InChI=1S/C48H33N3OS/c1-3-13-43-30(2)36-19-12-20-37(47(36)52-43)33-24-25-41-34(26-33)22-23-35-27-45-39(38-18-10-11-21-44(38)53-45)28-42(35)51(41)46-29-40(31-14-6-4-7-15-31)49-48(50-46)32-16-8-5-9-17-32/h3-29H,1-2H3. The first kappa shape index (κ1) is 31.2. The molecule has 0 amide bonds. The molecule has 1 aliphatic rings. The van der Waals surface area contributed by atoms with Crippen molar-refractivity contribution in [3.63, 3.8) is 0 Å². The van der Waals surface area contributed by atoms with Gasteiger partial charge in [0.1, 0.15) is 17.2 Å². The first-order chi connectivity index (χ1) is 26.1. The minimum atomic E-state index is 0.678. The van der Waals surface area contributed by atoms with Crippen LogP contribution in [0.15, 0.2) is 150 Å². The van der Waals surface area contributed by atoms with E-state index in [9.17, 15) is 0 Å². The van der Waals surface area contributed by atoms with Crippen LogP contribution in [0.5, 0.6) is 0 Å². The van der Waals surface area contributed by atoms with Crippen molar-refractivity contribution < 1.29 is 4.42 Å². The van der Waals surface area contributed by atoms with Crippen molar-refractivity contribution in [2.24, 2.45) is 0 Å². The van der Waals surface area contributed by atoms with Crippen molar-refractivity contribution in [3.8, 4) is 33.8 Å². The summed E-state index contributed by atoms with van der Waals surface area (Å²) in [7, 11) is 0. The van der Waals surface area contributed by atoms with E-state index < -0.39 is 0 Å². The summed E-state index contributed by atoms with van der Waals surface area (Å²) in [5.74, 6) is 2.37. The molecular formula is C48H33N3OS. The molecule has 252 valence electrons. The van der Waals surface area contributed by atoms with Crippen molar-refractivity contribution in [2.45, 2.75) is 13.8 Å². The highest BCUT2D eigenvalue weighted by Crippen LogP contribution is 2.47. The van der Waals surface area contributed by atoms with Gasteiger partial charge in [-0.3, -0.25) is 4.90 Å². The van der Waals surface area contributed by atoms with Gasteiger partial charge in [0.15, 0.2) is 5.82 Å². The molecule has 6 aromatic carbocycles. The number of rotatable bonds is 5. The quantitative estimate of drug-likeness (QED) is 0.179. The van der Waals surface area contributed by atoms with Crippen molar-refractivity contribution in [3.05, 3.63) is 168 Å². The molecule has 10 rings (SSSR count). The molecule has 0 bridgehead atoms. The molecule has 4 heterocycles. The van der Waals surface area contributed by atoms with Gasteiger partial charge in [0.2, 0.25) is 0 Å². The van der Waals surface area contributed by atoms with Crippen LogP contribution in [0.4, 0.5) is 17.2 Å². The predicted octanol–water partition coefficient (Wildman–Crippen LogP) is 13.9. The van der Waals surface area contributed by atoms with Gasteiger partial charge in [-0.15, -0.1) is 11.3 Å². The smallest absolute Gasteiger partial charge is 0.162 e. The maximum atomic E-state index is 6.48. The summed E-state index contributed by atoms with van der Waals surface area (Å²) in [6.45, 7) is 4.15. The molecule has 0 fully saturated rings. The highest BCUT2D eigenvalue weighted by Gasteiger charge is 2.25. The van der Waals surface area contributed by atoms with E-state index in [4.69, 9.17) is 14.4 Å². The first-order valence-electron chi connectivity index (χ1n) is 17.9. The lowest BCUT2D eigenvalue weighted by atomic mass is 9.98. The number of hydrogen-bond acceptors (Lipinski definition) is 5. The van der Waals surface area contributed by atoms with Gasteiger partial charge in [-0.25, -0.2) is 9.97 Å². The normalized spacial score (nSPS) is 12.5. The van der Waals surface area contributed by atoms with E-state index in [0.29, 0.717) is 5.82 Å². The third kappa shape index (κ3) is 5.28. The van der Waals surface area contributed by atoms with Crippen LogP contribution in [-0.2, 0) is 0 Å². The first-order valence-corrected chi connectivity index (χ1v) is 18.7. The van der Waals surface area contributed by atoms with Crippen molar-refractivity contribution in [1.82, 2.24) is 9.97 Å². The third-order valence-electron chi connectivity index (χ3n) is 10.2. The van der Waals surface area contributed by atoms with Crippen molar-refractivity contribution in [1.29, 1.82) is 0 Å². The Morgan fingerprint density at radius 3 is 2.15 bits per heavy atom. The molecule has 53 heavy (non-hydrogen) atoms. The molecule has 0 saturated heterocycles. The van der Waals surface area contributed by atoms with E-state index in [1.54, 1.807) is 0 Å². The number of nitrogens with zero attached hydrogens (tertiary/aromatic N) is 3. The number of furan rings is 1. The van der Waals surface area contributed by atoms with Crippen LogP contribution < -0.4 is 4.90 Å². The summed E-state index contributed by atoms with van der Waals surface area (Å²) in [6, 6.07) is 49.2. The summed E-state index contributed by atoms with van der Waals surface area (Å²) in [5, 5.41) is 3.63.